The van der Waals surface area contributed by atoms with Crippen LogP contribution in [0.4, 0.5) is 11.4 Å². The lowest BCUT2D eigenvalue weighted by Gasteiger charge is -2.20. The highest BCUT2D eigenvalue weighted by Crippen LogP contribution is 2.35. The number of carboxylic acids is 1. The van der Waals surface area contributed by atoms with Crippen LogP contribution < -0.4 is 25.8 Å². The van der Waals surface area contributed by atoms with Crippen LogP contribution in [0.1, 0.15) is 46.6 Å². The van der Waals surface area contributed by atoms with E-state index in [1.807, 2.05) is 26.8 Å². The van der Waals surface area contributed by atoms with Crippen molar-refractivity contribution in [2.75, 3.05) is 17.2 Å². The number of nitrogens with zero attached hydrogens (tertiary/aromatic N) is 1. The molecular weight excluding hydrogens is 490 g/mol. The maximum atomic E-state index is 13.1. The van der Waals surface area contributed by atoms with Crippen molar-refractivity contribution in [3.8, 4) is 11.5 Å². The number of aryl methyl sites for hydroxylation is 1. The Kier molecular flexibility index (Phi) is 9.23. The third kappa shape index (κ3) is 7.43. The summed E-state index contributed by atoms with van der Waals surface area (Å²) in [6, 6.07) is 11.8. The zero-order valence-electron chi connectivity index (χ0n) is 21.4. The van der Waals surface area contributed by atoms with E-state index in [0.717, 1.165) is 5.56 Å². The predicted molar refractivity (Wildman–Crippen MR) is 143 cm³/mol. The van der Waals surface area contributed by atoms with Gasteiger partial charge in [0.15, 0.2) is 18.1 Å². The van der Waals surface area contributed by atoms with Crippen LogP contribution in [-0.4, -0.2) is 45.6 Å². The molecule has 2 aromatic carbocycles. The van der Waals surface area contributed by atoms with Crippen LogP contribution in [0.2, 0.25) is 0 Å². The summed E-state index contributed by atoms with van der Waals surface area (Å²) >= 11 is 0. The number of carbonyl (C=O) groups excluding carboxylic acids is 1. The number of pyridine rings is 1. The summed E-state index contributed by atoms with van der Waals surface area (Å²) in [6.07, 6.45) is 1.20. The summed E-state index contributed by atoms with van der Waals surface area (Å²) in [5, 5.41) is 32.4. The summed E-state index contributed by atoms with van der Waals surface area (Å²) in [4.78, 5) is 28.4. The number of aromatic nitrogens is 1. The molecule has 0 spiro atoms. The molecule has 0 unspecified atom stereocenters. The van der Waals surface area contributed by atoms with Crippen LogP contribution in [0.3, 0.4) is 0 Å². The van der Waals surface area contributed by atoms with E-state index in [4.69, 9.17) is 25.7 Å². The van der Waals surface area contributed by atoms with Gasteiger partial charge in [-0.1, -0.05) is 11.6 Å². The summed E-state index contributed by atoms with van der Waals surface area (Å²) in [6.45, 7) is 4.83. The van der Waals surface area contributed by atoms with Gasteiger partial charge in [-0.15, -0.1) is 0 Å². The SMILES string of the molecule is Cc1ccc(NCc2cc(CO)cc(OC(C)C)c2OCC(=O)O)c(C(=O)Nc2ccc(C(=N)N)nc2)c1. The molecule has 11 nitrogen and oxygen atoms in total. The number of aliphatic hydroxyl groups is 1. The molecule has 0 saturated carbocycles. The van der Waals surface area contributed by atoms with E-state index in [2.05, 4.69) is 15.6 Å². The number of rotatable bonds is 12. The number of carbonyl (C=O) groups is 2. The molecule has 38 heavy (non-hydrogen) atoms. The van der Waals surface area contributed by atoms with Crippen molar-refractivity contribution in [2.45, 2.75) is 40.0 Å². The second-order valence-electron chi connectivity index (χ2n) is 8.79. The van der Waals surface area contributed by atoms with Gasteiger partial charge in [0, 0.05) is 17.8 Å². The van der Waals surface area contributed by atoms with Crippen LogP contribution in [0.15, 0.2) is 48.7 Å². The Balaban J connectivity index is 1.90. The number of benzene rings is 2. The van der Waals surface area contributed by atoms with Gasteiger partial charge in [-0.25, -0.2) is 4.79 Å². The molecule has 11 heteroatoms. The molecule has 0 aliphatic rings. The summed E-state index contributed by atoms with van der Waals surface area (Å²) in [5.74, 6) is -1.15. The molecule has 7 N–H and O–H groups in total. The first-order chi connectivity index (χ1) is 18.1. The predicted octanol–water partition coefficient (Wildman–Crippen LogP) is 3.28. The van der Waals surface area contributed by atoms with Crippen LogP contribution in [0, 0.1) is 12.3 Å². The minimum atomic E-state index is -1.14. The third-order valence-corrected chi connectivity index (χ3v) is 5.26. The number of anilines is 2. The van der Waals surface area contributed by atoms with Gasteiger partial charge in [-0.2, -0.15) is 0 Å². The fraction of sp³-hybridized carbons (Fsp3) is 0.259. The molecule has 0 aliphatic heterocycles. The molecule has 1 amide bonds. The van der Waals surface area contributed by atoms with Crippen molar-refractivity contribution < 1.29 is 29.3 Å². The normalized spacial score (nSPS) is 10.7. The van der Waals surface area contributed by atoms with Gasteiger partial charge in [0.1, 0.15) is 11.5 Å². The summed E-state index contributed by atoms with van der Waals surface area (Å²) in [7, 11) is 0. The zero-order valence-corrected chi connectivity index (χ0v) is 21.4. The van der Waals surface area contributed by atoms with Crippen molar-refractivity contribution in [2.24, 2.45) is 5.73 Å². The topological polar surface area (TPSA) is 180 Å². The Bertz CT molecular complexity index is 1320. The molecular formula is C27H31N5O6. The van der Waals surface area contributed by atoms with Gasteiger partial charge < -0.3 is 36.1 Å². The number of aliphatic hydroxyl groups excluding tert-OH is 1. The first-order valence-electron chi connectivity index (χ1n) is 11.8. The number of nitrogen functional groups attached to an aromatic ring is 1. The number of aliphatic carboxylic acids is 1. The molecule has 0 atom stereocenters. The first-order valence-corrected chi connectivity index (χ1v) is 11.8. The molecule has 0 aliphatic carbocycles. The molecule has 1 aromatic heterocycles. The van der Waals surface area contributed by atoms with Crippen molar-refractivity contribution in [1.29, 1.82) is 5.41 Å². The Morgan fingerprint density at radius 3 is 2.53 bits per heavy atom. The highest BCUT2D eigenvalue weighted by atomic mass is 16.5. The molecule has 3 rings (SSSR count). The Morgan fingerprint density at radius 1 is 1.16 bits per heavy atom. The number of ether oxygens (including phenoxy) is 2. The van der Waals surface area contributed by atoms with E-state index in [0.29, 0.717) is 39.5 Å². The van der Waals surface area contributed by atoms with Crippen molar-refractivity contribution in [3.05, 3.63) is 76.6 Å². The minimum Gasteiger partial charge on any atom is -0.487 e. The summed E-state index contributed by atoms with van der Waals surface area (Å²) in [5.41, 5.74) is 9.02. The van der Waals surface area contributed by atoms with Crippen molar-refractivity contribution >= 4 is 29.1 Å². The van der Waals surface area contributed by atoms with Crippen LogP contribution in [0.5, 0.6) is 11.5 Å². The zero-order chi connectivity index (χ0) is 27.8. The van der Waals surface area contributed by atoms with E-state index in [1.165, 1.54) is 12.3 Å². The number of hydrogen-bond donors (Lipinski definition) is 6. The number of hydrogen-bond acceptors (Lipinski definition) is 8. The average molecular weight is 522 g/mol. The van der Waals surface area contributed by atoms with E-state index < -0.39 is 12.6 Å². The number of carboxylic acid groups (broad SMARTS) is 1. The quantitative estimate of drug-likeness (QED) is 0.154. The van der Waals surface area contributed by atoms with Gasteiger partial charge in [0.05, 0.1) is 30.2 Å². The van der Waals surface area contributed by atoms with Crippen LogP contribution in [-0.2, 0) is 17.9 Å². The first kappa shape index (κ1) is 27.9. The fourth-order valence-electron chi connectivity index (χ4n) is 3.60. The highest BCUT2D eigenvalue weighted by Gasteiger charge is 2.18. The van der Waals surface area contributed by atoms with Gasteiger partial charge in [0.25, 0.3) is 5.91 Å². The van der Waals surface area contributed by atoms with Crippen molar-refractivity contribution in [3.63, 3.8) is 0 Å². The van der Waals surface area contributed by atoms with Gasteiger partial charge in [-0.3, -0.25) is 15.2 Å². The Labute approximate surface area is 220 Å². The molecule has 3 aromatic rings. The van der Waals surface area contributed by atoms with Crippen LogP contribution in [0.25, 0.3) is 0 Å². The van der Waals surface area contributed by atoms with E-state index in [1.54, 1.807) is 30.3 Å². The van der Waals surface area contributed by atoms with Crippen molar-refractivity contribution in [1.82, 2.24) is 4.98 Å². The number of amidine groups is 1. The lowest BCUT2D eigenvalue weighted by molar-refractivity contribution is -0.139. The maximum absolute atomic E-state index is 13.1. The monoisotopic (exact) mass is 521 g/mol. The number of nitrogens with one attached hydrogen (secondary N) is 3. The number of amides is 1. The third-order valence-electron chi connectivity index (χ3n) is 5.26. The highest BCUT2D eigenvalue weighted by molar-refractivity contribution is 6.08. The average Bonchev–Trinajstić information content (AvgIpc) is 2.86. The van der Waals surface area contributed by atoms with Gasteiger partial charge >= 0.3 is 5.97 Å². The fourth-order valence-corrected chi connectivity index (χ4v) is 3.60. The molecule has 1 heterocycles. The standard InChI is InChI=1S/C27H31N5O6/c1-15(2)38-23-10-17(13-33)9-18(25(23)37-14-24(34)35)11-30-21-6-4-16(3)8-20(21)27(36)32-19-5-7-22(26(28)29)31-12-19/h4-10,12,15,30,33H,11,13-14H2,1-3H3,(H3,28,29)(H,32,36)(H,34,35). The smallest absolute Gasteiger partial charge is 0.341 e. The van der Waals surface area contributed by atoms with Crippen LogP contribution >= 0.6 is 0 Å². The lowest BCUT2D eigenvalue weighted by atomic mass is 10.1. The Morgan fingerprint density at radius 2 is 1.92 bits per heavy atom. The lowest BCUT2D eigenvalue weighted by Crippen LogP contribution is -2.17. The molecule has 0 bridgehead atoms. The second-order valence-corrected chi connectivity index (χ2v) is 8.79. The second kappa shape index (κ2) is 12.5. The van der Waals surface area contributed by atoms with E-state index in [-0.39, 0.29) is 36.7 Å². The van der Waals surface area contributed by atoms with Gasteiger partial charge in [-0.05, 0) is 62.7 Å². The Hall–Kier alpha value is -4.64. The summed E-state index contributed by atoms with van der Waals surface area (Å²) < 4.78 is 11.4. The largest absolute Gasteiger partial charge is 0.487 e. The molecule has 0 radical (unpaired) electrons. The maximum Gasteiger partial charge on any atom is 0.341 e. The molecule has 0 fully saturated rings. The minimum absolute atomic E-state index is 0.148. The molecule has 200 valence electrons. The number of nitrogens with two attached hydrogens (primary N) is 1. The van der Waals surface area contributed by atoms with E-state index in [9.17, 15) is 14.7 Å². The molecule has 0 saturated heterocycles. The van der Waals surface area contributed by atoms with Gasteiger partial charge in [0.2, 0.25) is 0 Å². The van der Waals surface area contributed by atoms with E-state index >= 15 is 0 Å².